The third kappa shape index (κ3) is 5.38. The molecule has 1 saturated heterocycles. The third-order valence-corrected chi connectivity index (χ3v) is 6.22. The fourth-order valence-electron chi connectivity index (χ4n) is 3.95. The summed E-state index contributed by atoms with van der Waals surface area (Å²) in [7, 11) is 1.62. The van der Waals surface area contributed by atoms with Crippen LogP contribution in [-0.4, -0.2) is 46.0 Å². The van der Waals surface area contributed by atoms with Crippen molar-refractivity contribution in [3.05, 3.63) is 58.5 Å². The average molecular weight is 438 g/mol. The maximum Gasteiger partial charge on any atom is 0.253 e. The van der Waals surface area contributed by atoms with Crippen molar-refractivity contribution in [3.8, 4) is 5.75 Å². The van der Waals surface area contributed by atoms with Gasteiger partial charge in [0.1, 0.15) is 17.4 Å². The van der Waals surface area contributed by atoms with Gasteiger partial charge in [-0.15, -0.1) is 11.3 Å². The summed E-state index contributed by atoms with van der Waals surface area (Å²) in [4.78, 5) is 29.5. The van der Waals surface area contributed by atoms with E-state index in [-0.39, 0.29) is 5.91 Å². The van der Waals surface area contributed by atoms with Crippen molar-refractivity contribution in [2.75, 3.05) is 25.5 Å². The van der Waals surface area contributed by atoms with Crippen LogP contribution in [0.15, 0.2) is 36.5 Å². The molecule has 1 aromatic carbocycles. The number of methoxy groups -OCH3 is 1. The van der Waals surface area contributed by atoms with E-state index in [2.05, 4.69) is 20.3 Å². The summed E-state index contributed by atoms with van der Waals surface area (Å²) < 4.78 is 5.19. The number of aryl methyl sites for hydroxylation is 2. The molecule has 1 aliphatic heterocycles. The number of carbonyl (C=O) groups excluding carboxylic acids is 1. The Kier molecular flexibility index (Phi) is 6.46. The summed E-state index contributed by atoms with van der Waals surface area (Å²) >= 11 is 1.60. The highest BCUT2D eigenvalue weighted by Crippen LogP contribution is 2.25. The Balaban J connectivity index is 1.42. The predicted octanol–water partition coefficient (Wildman–Crippen LogP) is 4.40. The molecule has 4 rings (SSSR count). The van der Waals surface area contributed by atoms with E-state index in [9.17, 15) is 4.79 Å². The first-order valence-electron chi connectivity index (χ1n) is 10.5. The van der Waals surface area contributed by atoms with Crippen LogP contribution < -0.4 is 10.1 Å². The molecule has 0 aliphatic carbocycles. The Morgan fingerprint density at radius 3 is 2.77 bits per heavy atom. The van der Waals surface area contributed by atoms with Gasteiger partial charge >= 0.3 is 0 Å². The molecule has 1 unspecified atom stereocenters. The number of rotatable bonds is 6. The first-order valence-corrected chi connectivity index (χ1v) is 11.3. The van der Waals surface area contributed by atoms with E-state index in [4.69, 9.17) is 4.74 Å². The normalized spacial score (nSPS) is 16.2. The lowest BCUT2D eigenvalue weighted by molar-refractivity contribution is 0.0672. The Morgan fingerprint density at radius 2 is 2.06 bits per heavy atom. The highest BCUT2D eigenvalue weighted by Gasteiger charge is 2.25. The number of hydrogen-bond acceptors (Lipinski definition) is 7. The van der Waals surface area contributed by atoms with Crippen molar-refractivity contribution in [2.45, 2.75) is 33.1 Å². The third-order valence-electron chi connectivity index (χ3n) is 5.39. The highest BCUT2D eigenvalue weighted by atomic mass is 32.1. The van der Waals surface area contributed by atoms with Crippen LogP contribution in [0, 0.1) is 19.8 Å². The zero-order chi connectivity index (χ0) is 21.8. The SMILES string of the molecule is COc1ccc(C(=O)N2CCCC(Cc3cc(Nc4ncc(C)s4)nc(C)n3)C2)cc1. The number of carbonyl (C=O) groups is 1. The maximum atomic E-state index is 13.0. The van der Waals surface area contributed by atoms with Gasteiger partial charge in [0.15, 0.2) is 5.13 Å². The number of hydrogen-bond donors (Lipinski definition) is 1. The second-order valence-corrected chi connectivity index (χ2v) is 9.12. The highest BCUT2D eigenvalue weighted by molar-refractivity contribution is 7.15. The molecule has 3 heterocycles. The summed E-state index contributed by atoms with van der Waals surface area (Å²) in [5, 5.41) is 4.11. The van der Waals surface area contributed by atoms with Crippen molar-refractivity contribution in [2.24, 2.45) is 5.92 Å². The van der Waals surface area contributed by atoms with Crippen LogP contribution in [-0.2, 0) is 6.42 Å². The van der Waals surface area contributed by atoms with Gasteiger partial charge in [0.25, 0.3) is 5.91 Å². The second-order valence-electron chi connectivity index (χ2n) is 7.88. The summed E-state index contributed by atoms with van der Waals surface area (Å²) in [5.41, 5.74) is 1.69. The number of piperidine rings is 1. The van der Waals surface area contributed by atoms with Gasteiger partial charge in [0.05, 0.1) is 7.11 Å². The summed E-state index contributed by atoms with van der Waals surface area (Å²) in [6.45, 7) is 5.46. The lowest BCUT2D eigenvalue weighted by atomic mass is 9.92. The van der Waals surface area contributed by atoms with Crippen LogP contribution in [0.25, 0.3) is 0 Å². The molecule has 1 amide bonds. The molecule has 1 atom stereocenters. The summed E-state index contributed by atoms with van der Waals surface area (Å²) in [6, 6.07) is 9.31. The second kappa shape index (κ2) is 9.43. The molecule has 2 aromatic heterocycles. The van der Waals surface area contributed by atoms with Crippen molar-refractivity contribution in [1.82, 2.24) is 19.9 Å². The van der Waals surface area contributed by atoms with Crippen molar-refractivity contribution >= 4 is 28.2 Å². The number of ether oxygens (including phenoxy) is 1. The molecule has 8 heteroatoms. The number of amides is 1. The van der Waals surface area contributed by atoms with Gasteiger partial charge in [0, 0.05) is 41.5 Å². The zero-order valence-electron chi connectivity index (χ0n) is 18.1. The van der Waals surface area contributed by atoms with Crippen molar-refractivity contribution < 1.29 is 9.53 Å². The fourth-order valence-corrected chi connectivity index (χ4v) is 4.62. The molecule has 3 aromatic rings. The number of anilines is 2. The lowest BCUT2D eigenvalue weighted by Crippen LogP contribution is -2.40. The quantitative estimate of drug-likeness (QED) is 0.616. The van der Waals surface area contributed by atoms with E-state index in [1.807, 2.05) is 55.3 Å². The van der Waals surface area contributed by atoms with Gasteiger partial charge in [-0.25, -0.2) is 15.0 Å². The first kappa shape index (κ1) is 21.2. The van der Waals surface area contributed by atoms with Crippen LogP contribution in [0.4, 0.5) is 10.9 Å². The Labute approximate surface area is 186 Å². The average Bonchev–Trinajstić information content (AvgIpc) is 3.17. The van der Waals surface area contributed by atoms with Gasteiger partial charge in [-0.2, -0.15) is 0 Å². The molecule has 7 nitrogen and oxygen atoms in total. The molecule has 31 heavy (non-hydrogen) atoms. The first-order chi connectivity index (χ1) is 15.0. The maximum absolute atomic E-state index is 13.0. The topological polar surface area (TPSA) is 80.2 Å². The molecule has 0 radical (unpaired) electrons. The van der Waals surface area contributed by atoms with Crippen LogP contribution in [0.2, 0.25) is 0 Å². The standard InChI is InChI=1S/C23H27N5O2S/c1-15-13-24-23(31-15)27-21-12-19(25-16(2)26-21)11-17-5-4-10-28(14-17)22(29)18-6-8-20(30-3)9-7-18/h6-9,12-13,17H,4-5,10-11,14H2,1-3H3,(H,24,25,26,27). The van der Waals surface area contributed by atoms with Gasteiger partial charge in [0.2, 0.25) is 0 Å². The number of nitrogens with zero attached hydrogens (tertiary/aromatic N) is 4. The smallest absolute Gasteiger partial charge is 0.253 e. The molecule has 0 bridgehead atoms. The minimum atomic E-state index is 0.0766. The predicted molar refractivity (Wildman–Crippen MR) is 122 cm³/mol. The molecule has 0 saturated carbocycles. The molecule has 162 valence electrons. The molecule has 1 N–H and O–H groups in total. The number of likely N-dealkylation sites (tertiary alicyclic amines) is 1. The van der Waals surface area contributed by atoms with E-state index in [1.165, 1.54) is 0 Å². The zero-order valence-corrected chi connectivity index (χ0v) is 18.9. The van der Waals surface area contributed by atoms with Gasteiger partial charge < -0.3 is 15.0 Å². The number of benzene rings is 1. The monoisotopic (exact) mass is 437 g/mol. The Morgan fingerprint density at radius 1 is 1.26 bits per heavy atom. The van der Waals surface area contributed by atoms with Crippen LogP contribution >= 0.6 is 11.3 Å². The van der Waals surface area contributed by atoms with Crippen LogP contribution in [0.1, 0.15) is 39.6 Å². The minimum absolute atomic E-state index is 0.0766. The van der Waals surface area contributed by atoms with E-state index in [0.717, 1.165) is 65.4 Å². The van der Waals surface area contributed by atoms with Crippen molar-refractivity contribution in [1.29, 1.82) is 0 Å². The van der Waals surface area contributed by atoms with Gasteiger partial charge in [-0.1, -0.05) is 0 Å². The minimum Gasteiger partial charge on any atom is -0.497 e. The van der Waals surface area contributed by atoms with E-state index < -0.39 is 0 Å². The van der Waals surface area contributed by atoms with Crippen LogP contribution in [0.3, 0.4) is 0 Å². The van der Waals surface area contributed by atoms with E-state index in [1.54, 1.807) is 18.4 Å². The number of aromatic nitrogens is 3. The van der Waals surface area contributed by atoms with E-state index in [0.29, 0.717) is 11.5 Å². The summed E-state index contributed by atoms with van der Waals surface area (Å²) in [6.07, 6.45) is 4.75. The van der Waals surface area contributed by atoms with Gasteiger partial charge in [-0.05, 0) is 63.3 Å². The number of thiazole rings is 1. The van der Waals surface area contributed by atoms with Gasteiger partial charge in [-0.3, -0.25) is 4.79 Å². The number of nitrogens with one attached hydrogen (secondary N) is 1. The molecule has 1 aliphatic rings. The fraction of sp³-hybridized carbons (Fsp3) is 0.391. The Hall–Kier alpha value is -3.00. The molecule has 0 spiro atoms. The van der Waals surface area contributed by atoms with E-state index >= 15 is 0 Å². The summed E-state index contributed by atoms with van der Waals surface area (Å²) in [5.74, 6) is 2.70. The largest absolute Gasteiger partial charge is 0.497 e. The van der Waals surface area contributed by atoms with Crippen LogP contribution in [0.5, 0.6) is 5.75 Å². The molecular formula is C23H27N5O2S. The lowest BCUT2D eigenvalue weighted by Gasteiger charge is -2.33. The molecule has 1 fully saturated rings. The van der Waals surface area contributed by atoms with Crippen molar-refractivity contribution in [3.63, 3.8) is 0 Å². The Bertz CT molecular complexity index is 1050. The molecular weight excluding hydrogens is 410 g/mol.